The minimum absolute atomic E-state index is 0.223. The van der Waals surface area contributed by atoms with E-state index in [0.717, 1.165) is 5.56 Å². The molecule has 0 saturated heterocycles. The second-order valence-electron chi connectivity index (χ2n) is 3.94. The van der Waals surface area contributed by atoms with Gasteiger partial charge in [0.05, 0.1) is 13.2 Å². The van der Waals surface area contributed by atoms with Gasteiger partial charge in [0.25, 0.3) is 0 Å². The summed E-state index contributed by atoms with van der Waals surface area (Å²) in [7, 11) is 1.53. The van der Waals surface area contributed by atoms with Crippen molar-refractivity contribution in [2.45, 2.75) is 12.5 Å². The fourth-order valence-corrected chi connectivity index (χ4v) is 1.67. The first-order valence-electron chi connectivity index (χ1n) is 5.60. The second-order valence-corrected chi connectivity index (χ2v) is 3.94. The van der Waals surface area contributed by atoms with E-state index in [2.05, 4.69) is 0 Å². The molecule has 1 aromatic rings. The molecule has 2 rings (SSSR count). The lowest BCUT2D eigenvalue weighted by Crippen LogP contribution is -2.21. The SMILES string of the molecule is COC1=CC(=O)OC(/C=C/c2ccc(O)cc2)C1. The molecule has 4 heteroatoms. The Morgan fingerprint density at radius 2 is 2.11 bits per heavy atom. The molecule has 0 aromatic heterocycles. The van der Waals surface area contributed by atoms with Crippen LogP contribution in [0, 0.1) is 0 Å². The zero-order valence-corrected chi connectivity index (χ0v) is 10.00. The normalized spacial score (nSPS) is 19.5. The zero-order chi connectivity index (χ0) is 13.0. The van der Waals surface area contributed by atoms with Crippen LogP contribution in [0.3, 0.4) is 0 Å². The number of hydrogen-bond acceptors (Lipinski definition) is 4. The molecule has 94 valence electrons. The Bertz CT molecular complexity index is 485. The van der Waals surface area contributed by atoms with E-state index in [1.807, 2.05) is 6.08 Å². The van der Waals surface area contributed by atoms with Gasteiger partial charge < -0.3 is 14.6 Å². The summed E-state index contributed by atoms with van der Waals surface area (Å²) in [6.45, 7) is 0. The Balaban J connectivity index is 2.04. The lowest BCUT2D eigenvalue weighted by Gasteiger charge is -2.19. The fourth-order valence-electron chi connectivity index (χ4n) is 1.67. The molecule has 1 atom stereocenters. The number of cyclic esters (lactones) is 1. The lowest BCUT2D eigenvalue weighted by atomic mass is 10.1. The van der Waals surface area contributed by atoms with E-state index >= 15 is 0 Å². The number of methoxy groups -OCH3 is 1. The molecule has 18 heavy (non-hydrogen) atoms. The number of esters is 1. The number of phenols is 1. The summed E-state index contributed by atoms with van der Waals surface area (Å²) in [6.07, 6.45) is 5.22. The van der Waals surface area contributed by atoms with E-state index in [0.29, 0.717) is 12.2 Å². The Hall–Kier alpha value is -2.23. The summed E-state index contributed by atoms with van der Waals surface area (Å²) in [5, 5.41) is 9.16. The van der Waals surface area contributed by atoms with E-state index in [1.165, 1.54) is 13.2 Å². The van der Waals surface area contributed by atoms with Crippen LogP contribution in [0.2, 0.25) is 0 Å². The van der Waals surface area contributed by atoms with Crippen molar-refractivity contribution in [3.63, 3.8) is 0 Å². The number of benzene rings is 1. The maximum absolute atomic E-state index is 11.3. The molecule has 0 radical (unpaired) electrons. The van der Waals surface area contributed by atoms with Crippen molar-refractivity contribution < 1.29 is 19.4 Å². The molecule has 1 aliphatic heterocycles. The summed E-state index contributed by atoms with van der Waals surface area (Å²) >= 11 is 0. The van der Waals surface area contributed by atoms with E-state index < -0.39 is 5.97 Å². The number of phenolic OH excluding ortho intramolecular Hbond substituents is 1. The zero-order valence-electron chi connectivity index (χ0n) is 10.00. The molecular formula is C14H14O4. The average molecular weight is 246 g/mol. The van der Waals surface area contributed by atoms with E-state index in [9.17, 15) is 4.79 Å². The highest BCUT2D eigenvalue weighted by Crippen LogP contribution is 2.18. The highest BCUT2D eigenvalue weighted by Gasteiger charge is 2.19. The second kappa shape index (κ2) is 5.40. The van der Waals surface area contributed by atoms with Gasteiger partial charge in [0.1, 0.15) is 17.6 Å². The van der Waals surface area contributed by atoms with Crippen molar-refractivity contribution in [1.29, 1.82) is 0 Å². The molecule has 0 bridgehead atoms. The number of carbonyl (C=O) groups is 1. The van der Waals surface area contributed by atoms with Crippen LogP contribution in [0.15, 0.2) is 42.2 Å². The van der Waals surface area contributed by atoms with Crippen molar-refractivity contribution >= 4 is 12.0 Å². The van der Waals surface area contributed by atoms with Crippen molar-refractivity contribution in [2.75, 3.05) is 7.11 Å². The summed E-state index contributed by atoms with van der Waals surface area (Å²) in [5.41, 5.74) is 0.928. The van der Waals surface area contributed by atoms with Crippen molar-refractivity contribution in [2.24, 2.45) is 0 Å². The molecule has 1 aliphatic rings. The van der Waals surface area contributed by atoms with Crippen molar-refractivity contribution in [3.05, 3.63) is 47.7 Å². The van der Waals surface area contributed by atoms with Gasteiger partial charge in [-0.15, -0.1) is 0 Å². The van der Waals surface area contributed by atoms with Gasteiger partial charge in [0, 0.05) is 6.42 Å². The molecular weight excluding hydrogens is 232 g/mol. The van der Waals surface area contributed by atoms with Gasteiger partial charge in [0.15, 0.2) is 0 Å². The molecule has 0 spiro atoms. The lowest BCUT2D eigenvalue weighted by molar-refractivity contribution is -0.142. The predicted octanol–water partition coefficient (Wildman–Crippen LogP) is 2.25. The maximum Gasteiger partial charge on any atom is 0.334 e. The minimum Gasteiger partial charge on any atom is -0.508 e. The van der Waals surface area contributed by atoms with Crippen LogP contribution in [0.5, 0.6) is 5.75 Å². The van der Waals surface area contributed by atoms with Crippen molar-refractivity contribution in [1.82, 2.24) is 0 Å². The van der Waals surface area contributed by atoms with Crippen LogP contribution >= 0.6 is 0 Å². The summed E-state index contributed by atoms with van der Waals surface area (Å²) in [4.78, 5) is 11.3. The predicted molar refractivity (Wildman–Crippen MR) is 66.7 cm³/mol. The summed E-state index contributed by atoms with van der Waals surface area (Å²) in [6, 6.07) is 6.77. The molecule has 1 aromatic carbocycles. The largest absolute Gasteiger partial charge is 0.508 e. The minimum atomic E-state index is -0.390. The molecule has 1 heterocycles. The van der Waals surface area contributed by atoms with E-state index in [4.69, 9.17) is 14.6 Å². The number of carbonyl (C=O) groups excluding carboxylic acids is 1. The number of rotatable bonds is 3. The van der Waals surface area contributed by atoms with Crippen molar-refractivity contribution in [3.8, 4) is 5.75 Å². The van der Waals surface area contributed by atoms with Crippen LogP contribution in [-0.4, -0.2) is 24.3 Å². The fraction of sp³-hybridized carbons (Fsp3) is 0.214. The third kappa shape index (κ3) is 3.13. The van der Waals surface area contributed by atoms with Crippen LogP contribution in [0.25, 0.3) is 6.08 Å². The molecule has 0 aliphatic carbocycles. The summed E-state index contributed by atoms with van der Waals surface area (Å²) < 4.78 is 10.2. The van der Waals surface area contributed by atoms with Gasteiger partial charge >= 0.3 is 5.97 Å². The topological polar surface area (TPSA) is 55.8 Å². The molecule has 1 unspecified atom stereocenters. The standard InChI is InChI=1S/C14H14O4/c1-17-13-8-12(18-14(16)9-13)7-4-10-2-5-11(15)6-3-10/h2-7,9,12,15H,8H2,1H3/b7-4+. The molecule has 0 fully saturated rings. The highest BCUT2D eigenvalue weighted by molar-refractivity contribution is 5.83. The number of ether oxygens (including phenoxy) is 2. The van der Waals surface area contributed by atoms with Gasteiger partial charge in [-0.3, -0.25) is 0 Å². The molecule has 0 amide bonds. The van der Waals surface area contributed by atoms with Crippen LogP contribution in [0.1, 0.15) is 12.0 Å². The van der Waals surface area contributed by atoms with E-state index in [-0.39, 0.29) is 11.9 Å². The maximum atomic E-state index is 11.3. The van der Waals surface area contributed by atoms with Crippen LogP contribution < -0.4 is 0 Å². The number of hydrogen-bond donors (Lipinski definition) is 1. The third-order valence-electron chi connectivity index (χ3n) is 2.61. The molecule has 0 saturated carbocycles. The molecule has 1 N–H and O–H groups in total. The average Bonchev–Trinajstić information content (AvgIpc) is 2.37. The van der Waals surface area contributed by atoms with Gasteiger partial charge in [-0.2, -0.15) is 0 Å². The summed E-state index contributed by atoms with van der Waals surface area (Å²) in [5.74, 6) is 0.450. The van der Waals surface area contributed by atoms with E-state index in [1.54, 1.807) is 30.3 Å². The highest BCUT2D eigenvalue weighted by atomic mass is 16.5. The Labute approximate surface area is 105 Å². The first-order valence-corrected chi connectivity index (χ1v) is 5.60. The number of aromatic hydroxyl groups is 1. The molecule has 4 nitrogen and oxygen atoms in total. The van der Waals surface area contributed by atoms with Crippen LogP contribution in [-0.2, 0) is 14.3 Å². The first-order chi connectivity index (χ1) is 8.67. The third-order valence-corrected chi connectivity index (χ3v) is 2.61. The Morgan fingerprint density at radius 3 is 2.78 bits per heavy atom. The Kier molecular flexibility index (Phi) is 3.67. The van der Waals surface area contributed by atoms with Gasteiger partial charge in [-0.05, 0) is 23.8 Å². The van der Waals surface area contributed by atoms with Gasteiger partial charge in [0.2, 0.25) is 0 Å². The van der Waals surface area contributed by atoms with Gasteiger partial charge in [-0.25, -0.2) is 4.79 Å². The van der Waals surface area contributed by atoms with Gasteiger partial charge in [-0.1, -0.05) is 18.2 Å². The smallest absolute Gasteiger partial charge is 0.334 e. The Morgan fingerprint density at radius 1 is 1.39 bits per heavy atom. The van der Waals surface area contributed by atoms with Crippen LogP contribution in [0.4, 0.5) is 0 Å². The quantitative estimate of drug-likeness (QED) is 0.831. The monoisotopic (exact) mass is 246 g/mol. The first kappa shape index (κ1) is 12.2.